The number of carboxylic acid groups (broad SMARTS) is 1. The molecular weight excluding hydrogens is 391 g/mol. The van der Waals surface area contributed by atoms with Crippen LogP contribution in [0.3, 0.4) is 0 Å². The first-order valence-electron chi connectivity index (χ1n) is 12.0. The summed E-state index contributed by atoms with van der Waals surface area (Å²) in [6.45, 7) is 5.96. The van der Waals surface area contributed by atoms with Crippen molar-refractivity contribution in [2.24, 2.45) is 0 Å². The summed E-state index contributed by atoms with van der Waals surface area (Å²) in [5, 5.41) is 27.4. The molecule has 0 heterocycles. The number of rotatable bonds is 20. The molecule has 5 nitrogen and oxygen atoms in total. The molecule has 0 saturated heterocycles. The first-order valence-corrected chi connectivity index (χ1v) is 12.0. The molecule has 0 aliphatic heterocycles. The number of unbranched alkanes of at least 4 members (excludes halogenated alkanes) is 14. The second-order valence-electron chi connectivity index (χ2n) is 8.25. The van der Waals surface area contributed by atoms with Gasteiger partial charge in [-0.15, -0.1) is 0 Å². The molecule has 0 radical (unpaired) electrons. The number of aliphatic hydroxyl groups is 2. The third-order valence-electron chi connectivity index (χ3n) is 4.86. The summed E-state index contributed by atoms with van der Waals surface area (Å²) in [4.78, 5) is 10.2. The number of aliphatic hydroxyl groups excluding tert-OH is 2. The summed E-state index contributed by atoms with van der Waals surface area (Å²) < 4.78 is 4.95. The first kappa shape index (κ1) is 35.0. The van der Waals surface area contributed by atoms with Crippen LogP contribution in [0.15, 0.2) is 0 Å². The summed E-state index contributed by atoms with van der Waals surface area (Å²) in [5.41, 5.74) is 0. The average molecular weight is 441 g/mol. The van der Waals surface area contributed by atoms with Crippen molar-refractivity contribution in [3.8, 4) is 0 Å². The largest absolute Gasteiger partial charge is 1.00 e. The van der Waals surface area contributed by atoms with Crippen LogP contribution >= 0.6 is 0 Å². The number of carbonyl (C=O) groups excluding carboxylic acids is 1. The Morgan fingerprint density at radius 1 is 0.800 bits per heavy atom. The van der Waals surface area contributed by atoms with Crippen LogP contribution in [-0.4, -0.2) is 41.6 Å². The van der Waals surface area contributed by atoms with Crippen LogP contribution in [0.1, 0.15) is 124 Å². The molecule has 176 valence electrons. The van der Waals surface area contributed by atoms with Gasteiger partial charge in [0, 0.05) is 5.97 Å². The standard InChI is InChI=1S/C18H36O2.C6H14O3.Na/c1-2-3-4-5-6-7-8-9-10-11-12-13-14-15-16-17-18(19)20;1-5(8)4-9-6(2)3-7;/h2-17H2,1H3,(H,19,20);5-8H,3-4H2,1-2H3;/q;;+1/p-1. The predicted molar refractivity (Wildman–Crippen MR) is 119 cm³/mol. The van der Waals surface area contributed by atoms with E-state index >= 15 is 0 Å². The van der Waals surface area contributed by atoms with E-state index < -0.39 is 12.1 Å². The van der Waals surface area contributed by atoms with Crippen molar-refractivity contribution in [1.82, 2.24) is 0 Å². The Labute approximate surface area is 208 Å². The Hall–Kier alpha value is 0.350. The molecular formula is C24H49NaO5. The monoisotopic (exact) mass is 440 g/mol. The maximum absolute atomic E-state index is 10.2. The van der Waals surface area contributed by atoms with E-state index in [-0.39, 0.29) is 48.7 Å². The number of carboxylic acids is 1. The van der Waals surface area contributed by atoms with E-state index in [0.717, 1.165) is 12.8 Å². The second kappa shape index (κ2) is 29.4. The van der Waals surface area contributed by atoms with Crippen molar-refractivity contribution >= 4 is 5.97 Å². The minimum absolute atomic E-state index is 0. The van der Waals surface area contributed by atoms with E-state index in [0.29, 0.717) is 6.61 Å². The molecule has 0 aliphatic carbocycles. The summed E-state index contributed by atoms with van der Waals surface area (Å²) in [6.07, 6.45) is 19.2. The number of carbonyl (C=O) groups is 1. The van der Waals surface area contributed by atoms with Gasteiger partial charge in [0.1, 0.15) is 0 Å². The van der Waals surface area contributed by atoms with Crippen LogP contribution in [0.5, 0.6) is 0 Å². The van der Waals surface area contributed by atoms with Crippen LogP contribution in [0, 0.1) is 0 Å². The summed E-state index contributed by atoms with van der Waals surface area (Å²) in [6, 6.07) is 0. The molecule has 0 amide bonds. The Morgan fingerprint density at radius 3 is 1.47 bits per heavy atom. The molecule has 0 aromatic heterocycles. The summed E-state index contributed by atoms with van der Waals surface area (Å²) >= 11 is 0. The molecule has 2 atom stereocenters. The van der Waals surface area contributed by atoms with E-state index in [1.807, 2.05) is 0 Å². The smallest absolute Gasteiger partial charge is 0.550 e. The van der Waals surface area contributed by atoms with E-state index in [1.54, 1.807) is 13.8 Å². The van der Waals surface area contributed by atoms with Crippen molar-refractivity contribution in [3.63, 3.8) is 0 Å². The topological polar surface area (TPSA) is 89.8 Å². The fourth-order valence-corrected chi connectivity index (χ4v) is 3.00. The van der Waals surface area contributed by atoms with Crippen LogP contribution in [-0.2, 0) is 9.53 Å². The predicted octanol–water partition coefficient (Wildman–Crippen LogP) is 1.77. The Morgan fingerprint density at radius 2 is 1.17 bits per heavy atom. The van der Waals surface area contributed by atoms with Gasteiger partial charge in [0.05, 0.1) is 25.4 Å². The summed E-state index contributed by atoms with van der Waals surface area (Å²) in [5.74, 6) is -0.903. The van der Waals surface area contributed by atoms with Gasteiger partial charge in [0.15, 0.2) is 0 Å². The maximum atomic E-state index is 10.2. The van der Waals surface area contributed by atoms with E-state index in [1.165, 1.54) is 83.5 Å². The zero-order chi connectivity index (χ0) is 22.2. The van der Waals surface area contributed by atoms with Gasteiger partial charge in [-0.2, -0.15) is 0 Å². The molecule has 0 fully saturated rings. The van der Waals surface area contributed by atoms with Gasteiger partial charge < -0.3 is 24.9 Å². The molecule has 6 heteroatoms. The van der Waals surface area contributed by atoms with Crippen LogP contribution in [0.25, 0.3) is 0 Å². The molecule has 0 aromatic carbocycles. The molecule has 0 spiro atoms. The Kier molecular flexibility index (Phi) is 34.2. The first-order chi connectivity index (χ1) is 13.9. The van der Waals surface area contributed by atoms with E-state index in [4.69, 9.17) is 14.9 Å². The minimum atomic E-state index is -0.903. The molecule has 2 N–H and O–H groups in total. The van der Waals surface area contributed by atoms with Gasteiger partial charge in [-0.05, 0) is 26.7 Å². The zero-order valence-corrected chi connectivity index (χ0v) is 22.5. The summed E-state index contributed by atoms with van der Waals surface area (Å²) in [7, 11) is 0. The fraction of sp³-hybridized carbons (Fsp3) is 0.958. The number of aliphatic carboxylic acids is 1. The third kappa shape index (κ3) is 35.8. The Balaban J connectivity index is -0.000000616. The molecule has 0 bridgehead atoms. The Bertz CT molecular complexity index is 327. The second-order valence-corrected chi connectivity index (χ2v) is 8.25. The quantitative estimate of drug-likeness (QED) is 0.222. The van der Waals surface area contributed by atoms with Crippen LogP contribution in [0.4, 0.5) is 0 Å². The molecule has 0 saturated carbocycles. The normalized spacial score (nSPS) is 12.4. The molecule has 0 aliphatic rings. The van der Waals surface area contributed by atoms with Crippen molar-refractivity contribution < 1.29 is 54.4 Å². The van der Waals surface area contributed by atoms with Crippen LogP contribution in [0.2, 0.25) is 0 Å². The number of hydrogen-bond acceptors (Lipinski definition) is 5. The van der Waals surface area contributed by atoms with Gasteiger partial charge in [-0.25, -0.2) is 0 Å². The van der Waals surface area contributed by atoms with Crippen molar-refractivity contribution in [2.45, 2.75) is 136 Å². The molecule has 0 aromatic rings. The van der Waals surface area contributed by atoms with Gasteiger partial charge in [-0.3, -0.25) is 0 Å². The fourth-order valence-electron chi connectivity index (χ4n) is 3.00. The SMILES string of the molecule is CC(O)COC(C)CO.CCCCCCCCCCCCCCCCCC(=O)[O-].[Na+]. The van der Waals surface area contributed by atoms with Gasteiger partial charge in [0.25, 0.3) is 0 Å². The number of hydrogen-bond donors (Lipinski definition) is 2. The van der Waals surface area contributed by atoms with Crippen molar-refractivity contribution in [3.05, 3.63) is 0 Å². The van der Waals surface area contributed by atoms with Crippen molar-refractivity contribution in [1.29, 1.82) is 0 Å². The van der Waals surface area contributed by atoms with E-state index in [9.17, 15) is 9.90 Å². The maximum Gasteiger partial charge on any atom is 1.00 e. The molecule has 0 rings (SSSR count). The minimum Gasteiger partial charge on any atom is -0.550 e. The molecule has 2 unspecified atom stereocenters. The zero-order valence-electron chi connectivity index (χ0n) is 20.5. The van der Waals surface area contributed by atoms with Crippen molar-refractivity contribution in [2.75, 3.05) is 13.2 Å². The third-order valence-corrected chi connectivity index (χ3v) is 4.86. The van der Waals surface area contributed by atoms with Gasteiger partial charge in [-0.1, -0.05) is 96.8 Å². The molecule has 30 heavy (non-hydrogen) atoms. The van der Waals surface area contributed by atoms with Crippen LogP contribution < -0.4 is 34.7 Å². The van der Waals surface area contributed by atoms with Gasteiger partial charge >= 0.3 is 29.6 Å². The average Bonchev–Trinajstić information content (AvgIpc) is 2.69. The number of ether oxygens (including phenoxy) is 1. The van der Waals surface area contributed by atoms with Gasteiger partial charge in [0.2, 0.25) is 0 Å². The van der Waals surface area contributed by atoms with E-state index in [2.05, 4.69) is 6.92 Å².